The van der Waals surface area contributed by atoms with Crippen LogP contribution in [0.25, 0.3) is 0 Å². The van der Waals surface area contributed by atoms with Gasteiger partial charge in [-0.25, -0.2) is 4.78 Å². The maximum absolute atomic E-state index is 5.33. The SMILES string of the molecule is C.CC.CSC.N=S.[Ar]. The third-order valence-electron chi connectivity index (χ3n) is 0. The van der Waals surface area contributed by atoms with E-state index in [2.05, 4.69) is 12.4 Å². The van der Waals surface area contributed by atoms with Gasteiger partial charge in [-0.05, 0) is 12.5 Å². The van der Waals surface area contributed by atoms with Gasteiger partial charge in [-0.1, -0.05) is 21.3 Å². The average molecular weight is 195 g/mol. The molecule has 0 fully saturated rings. The summed E-state index contributed by atoms with van der Waals surface area (Å²) in [6.45, 7) is 4.00. The topological polar surface area (TPSA) is 23.9 Å². The summed E-state index contributed by atoms with van der Waals surface area (Å²) in [7, 11) is 0. The molecule has 0 saturated carbocycles. The molecular weight excluding hydrogens is 178 g/mol. The predicted molar refractivity (Wildman–Crippen MR) is 47.6 cm³/mol. The molecule has 0 aromatic heterocycles. The zero-order chi connectivity index (χ0) is 6.71. The Kier molecular flexibility index (Phi) is 358. The van der Waals surface area contributed by atoms with Gasteiger partial charge in [0.15, 0.2) is 0 Å². The van der Waals surface area contributed by atoms with E-state index < -0.39 is 0 Å². The van der Waals surface area contributed by atoms with Gasteiger partial charge in [-0.15, -0.1) is 0 Å². The van der Waals surface area contributed by atoms with Crippen LogP contribution >= 0.6 is 11.8 Å². The maximum atomic E-state index is 5.33. The molecule has 0 aliphatic rings. The molecule has 0 bridgehead atoms. The van der Waals surface area contributed by atoms with Gasteiger partial charge in [0, 0.05) is 50.2 Å². The van der Waals surface area contributed by atoms with Gasteiger partial charge < -0.3 is 0 Å². The molecule has 1 N–H and O–H groups in total. The van der Waals surface area contributed by atoms with E-state index in [0.717, 1.165) is 0 Å². The molecule has 62 valence electrons. The van der Waals surface area contributed by atoms with Crippen LogP contribution in [0.2, 0.25) is 0 Å². The van der Waals surface area contributed by atoms with E-state index in [-0.39, 0.29) is 45.2 Å². The van der Waals surface area contributed by atoms with Crippen molar-refractivity contribution < 1.29 is 37.7 Å². The summed E-state index contributed by atoms with van der Waals surface area (Å²) in [6, 6.07) is 0. The normalized spacial score (nSPS) is 3.11. The number of nitrogens with one attached hydrogen (secondary N) is 1. The fourth-order valence-electron chi connectivity index (χ4n) is 0. The van der Waals surface area contributed by atoms with Crippen LogP contribution in [0.4, 0.5) is 0 Å². The van der Waals surface area contributed by atoms with Crippen LogP contribution in [0, 0.1) is 42.5 Å². The fourth-order valence-corrected chi connectivity index (χ4v) is 0. The quantitative estimate of drug-likeness (QED) is 0.642. The van der Waals surface area contributed by atoms with Gasteiger partial charge in [-0.2, -0.15) is 11.8 Å². The van der Waals surface area contributed by atoms with E-state index in [1.807, 2.05) is 26.4 Å². The van der Waals surface area contributed by atoms with Gasteiger partial charge >= 0.3 is 0 Å². The van der Waals surface area contributed by atoms with Crippen molar-refractivity contribution in [3.05, 3.63) is 0 Å². The van der Waals surface area contributed by atoms with Crippen LogP contribution in [0.1, 0.15) is 21.3 Å². The fraction of sp³-hybridized carbons (Fsp3) is 1.00. The van der Waals surface area contributed by atoms with Crippen LogP contribution in [0.3, 0.4) is 0 Å². The zero-order valence-corrected chi connectivity index (χ0v) is 8.01. The Morgan fingerprint density at radius 2 is 1.11 bits per heavy atom. The van der Waals surface area contributed by atoms with Crippen molar-refractivity contribution in [2.24, 2.45) is 0 Å². The second-order valence-corrected chi connectivity index (χ2v) is 1.22. The molecule has 4 heteroatoms. The van der Waals surface area contributed by atoms with Gasteiger partial charge in [0.25, 0.3) is 0 Å². The number of hydrogen-bond acceptors (Lipinski definition) is 3. The van der Waals surface area contributed by atoms with Crippen molar-refractivity contribution in [1.82, 2.24) is 0 Å². The summed E-state index contributed by atoms with van der Waals surface area (Å²) in [6.07, 6.45) is 4.08. The Hall–Kier alpha value is 1.63. The van der Waals surface area contributed by atoms with Crippen molar-refractivity contribution in [3.63, 3.8) is 0 Å². The Balaban J connectivity index is -0.00000000825. The van der Waals surface area contributed by atoms with Crippen molar-refractivity contribution in [2.45, 2.75) is 21.3 Å². The van der Waals surface area contributed by atoms with Crippen molar-refractivity contribution in [3.8, 4) is 0 Å². The van der Waals surface area contributed by atoms with E-state index in [1.165, 1.54) is 0 Å². The van der Waals surface area contributed by atoms with E-state index in [0.29, 0.717) is 0 Å². The smallest absolute Gasteiger partial charge is 0.0324 e. The molecule has 0 radical (unpaired) electrons. The molecule has 0 rings (SSSR count). The second kappa shape index (κ2) is 104. The zero-order valence-electron chi connectivity index (χ0n) is 5.67. The van der Waals surface area contributed by atoms with Crippen molar-refractivity contribution in [1.29, 1.82) is 4.78 Å². The van der Waals surface area contributed by atoms with Crippen molar-refractivity contribution >= 4 is 24.2 Å². The summed E-state index contributed by atoms with van der Waals surface area (Å²) in [4.78, 5) is 0. The number of thioether (sulfide) groups is 1. The summed E-state index contributed by atoms with van der Waals surface area (Å²) in [5.74, 6) is 0. The Labute approximate surface area is 99.3 Å². The largest absolute Gasteiger partial charge is 0.235 e. The first kappa shape index (κ1) is 31.1. The number of rotatable bonds is 0. The Morgan fingerprint density at radius 1 is 1.11 bits per heavy atom. The molecule has 1 nitrogen and oxygen atoms in total. The molecule has 0 amide bonds. The average Bonchev–Trinajstić information content (AvgIpc) is 1.78. The van der Waals surface area contributed by atoms with Crippen LogP contribution < -0.4 is 0 Å². The summed E-state index contributed by atoms with van der Waals surface area (Å²) in [5.41, 5.74) is 0. The van der Waals surface area contributed by atoms with Crippen LogP contribution in [0.15, 0.2) is 0 Å². The molecule has 0 aliphatic carbocycles. The van der Waals surface area contributed by atoms with E-state index in [4.69, 9.17) is 4.78 Å². The Bertz CT molecular complexity index is 18.9. The van der Waals surface area contributed by atoms with Gasteiger partial charge in [-0.3, -0.25) is 0 Å². The molecule has 0 aromatic carbocycles. The van der Waals surface area contributed by atoms with Gasteiger partial charge in [0.05, 0.1) is 0 Å². The Morgan fingerprint density at radius 3 is 1.11 bits per heavy atom. The minimum atomic E-state index is 0. The van der Waals surface area contributed by atoms with E-state index in [1.54, 1.807) is 11.8 Å². The monoisotopic (exact) mass is 195 g/mol. The molecule has 0 saturated heterocycles. The predicted octanol–water partition coefficient (Wildman–Crippen LogP) is 2.94. The van der Waals surface area contributed by atoms with Gasteiger partial charge in [0.1, 0.15) is 0 Å². The first-order chi connectivity index (χ1) is 3.41. The molecule has 0 atom stereocenters. The minimum absolute atomic E-state index is 0. The van der Waals surface area contributed by atoms with Gasteiger partial charge in [0.2, 0.25) is 0 Å². The molecule has 0 heterocycles. The summed E-state index contributed by atoms with van der Waals surface area (Å²) < 4.78 is 5.33. The van der Waals surface area contributed by atoms with Crippen LogP contribution in [-0.2, 0) is 12.4 Å². The molecule has 0 aliphatic heterocycles. The minimum Gasteiger partial charge on any atom is -0.235 e. The molecule has 0 spiro atoms. The second-order valence-electron chi connectivity index (χ2n) is 0.408. The van der Waals surface area contributed by atoms with Crippen LogP contribution in [0.5, 0.6) is 0 Å². The molecule has 9 heavy (non-hydrogen) atoms. The molecular formula is C5H17ArNS2. The van der Waals surface area contributed by atoms with E-state index >= 15 is 0 Å². The third-order valence-corrected chi connectivity index (χ3v) is 0. The molecule has 0 unspecified atom stereocenters. The van der Waals surface area contributed by atoms with Crippen molar-refractivity contribution in [2.75, 3.05) is 12.5 Å². The first-order valence-electron chi connectivity index (χ1n) is 2.02. The first-order valence-corrected chi connectivity index (χ1v) is 4.06. The summed E-state index contributed by atoms with van der Waals surface area (Å²) in [5, 5.41) is 0. The van der Waals surface area contributed by atoms with Crippen LogP contribution in [-0.4, -0.2) is 12.5 Å². The third kappa shape index (κ3) is 211. The maximum Gasteiger partial charge on any atom is 0.0324 e. The molecule has 0 aromatic rings. The number of hydrogen-bond donors (Lipinski definition) is 1. The standard InChI is InChI=1S/C2H6S.C2H6.CH4.Ar.HNS/c1-3-2;1-2;;;1-2/h1-2H3;1-2H3;1H4;;1H. The van der Waals surface area contributed by atoms with E-state index in [9.17, 15) is 0 Å². The summed E-state index contributed by atoms with van der Waals surface area (Å²) >= 11 is 5.08.